The van der Waals surface area contributed by atoms with Crippen LogP contribution in [0.1, 0.15) is 33.1 Å². The molecule has 0 aromatic rings. The fraction of sp³-hybridized carbons (Fsp3) is 1.00. The van der Waals surface area contributed by atoms with E-state index in [1.54, 1.807) is 0 Å². The molecule has 2 nitrogen and oxygen atoms in total. The minimum Gasteiger partial charge on any atom is -0.396 e. The van der Waals surface area contributed by atoms with Crippen molar-refractivity contribution in [2.24, 2.45) is 5.92 Å². The summed E-state index contributed by atoms with van der Waals surface area (Å²) in [5.41, 5.74) is 0. The summed E-state index contributed by atoms with van der Waals surface area (Å²) in [6.45, 7) is 4.73. The number of aliphatic hydroxyl groups is 1. The molecule has 2 heteroatoms. The standard InChI is InChI=1S/C9H19NO/c1-7-5-9(6-7)10-8(2)3-4-11/h7-11H,3-6H2,1-2H3. The summed E-state index contributed by atoms with van der Waals surface area (Å²) in [5, 5.41) is 12.1. The molecule has 1 aliphatic rings. The first-order valence-electron chi connectivity index (χ1n) is 4.59. The number of nitrogens with one attached hydrogen (secondary N) is 1. The Kier molecular flexibility index (Phi) is 3.34. The van der Waals surface area contributed by atoms with Crippen LogP contribution in [0.3, 0.4) is 0 Å². The molecule has 0 spiro atoms. The van der Waals surface area contributed by atoms with Crippen molar-refractivity contribution in [2.45, 2.75) is 45.2 Å². The summed E-state index contributed by atoms with van der Waals surface area (Å²) in [6.07, 6.45) is 3.51. The number of hydrogen-bond acceptors (Lipinski definition) is 2. The molecule has 0 aliphatic heterocycles. The molecule has 2 N–H and O–H groups in total. The maximum absolute atomic E-state index is 8.65. The SMILES string of the molecule is CC1CC(NC(C)CCO)C1. The van der Waals surface area contributed by atoms with Gasteiger partial charge in [-0.25, -0.2) is 0 Å². The van der Waals surface area contributed by atoms with Gasteiger partial charge in [-0.15, -0.1) is 0 Å². The Labute approximate surface area is 69.0 Å². The van der Waals surface area contributed by atoms with Gasteiger partial charge in [0.15, 0.2) is 0 Å². The Morgan fingerprint density at radius 1 is 1.55 bits per heavy atom. The number of hydrogen-bond donors (Lipinski definition) is 2. The van der Waals surface area contributed by atoms with Gasteiger partial charge in [-0.05, 0) is 32.1 Å². The van der Waals surface area contributed by atoms with Gasteiger partial charge < -0.3 is 10.4 Å². The van der Waals surface area contributed by atoms with E-state index in [1.807, 2.05) is 0 Å². The highest BCUT2D eigenvalue weighted by Crippen LogP contribution is 2.26. The summed E-state index contributed by atoms with van der Waals surface area (Å²) >= 11 is 0. The molecule has 0 aromatic heterocycles. The summed E-state index contributed by atoms with van der Waals surface area (Å²) in [4.78, 5) is 0. The fourth-order valence-corrected chi connectivity index (χ4v) is 1.72. The van der Waals surface area contributed by atoms with Crippen LogP contribution in [-0.4, -0.2) is 23.8 Å². The minimum absolute atomic E-state index is 0.302. The van der Waals surface area contributed by atoms with Crippen LogP contribution in [0.5, 0.6) is 0 Å². The Bertz CT molecular complexity index is 107. The van der Waals surface area contributed by atoms with Crippen molar-refractivity contribution in [3.63, 3.8) is 0 Å². The van der Waals surface area contributed by atoms with Crippen LogP contribution >= 0.6 is 0 Å². The lowest BCUT2D eigenvalue weighted by Gasteiger charge is -2.35. The van der Waals surface area contributed by atoms with Crippen molar-refractivity contribution in [3.05, 3.63) is 0 Å². The second-order valence-electron chi connectivity index (χ2n) is 3.85. The van der Waals surface area contributed by atoms with E-state index in [0.717, 1.165) is 18.4 Å². The predicted octanol–water partition coefficient (Wildman–Crippen LogP) is 1.15. The van der Waals surface area contributed by atoms with Crippen molar-refractivity contribution in [3.8, 4) is 0 Å². The first-order chi connectivity index (χ1) is 5.22. The monoisotopic (exact) mass is 157 g/mol. The first-order valence-corrected chi connectivity index (χ1v) is 4.59. The van der Waals surface area contributed by atoms with E-state index in [1.165, 1.54) is 12.8 Å². The number of aliphatic hydroxyl groups excluding tert-OH is 1. The molecule has 1 saturated carbocycles. The second-order valence-corrected chi connectivity index (χ2v) is 3.85. The minimum atomic E-state index is 0.302. The van der Waals surface area contributed by atoms with Gasteiger partial charge in [0.25, 0.3) is 0 Å². The van der Waals surface area contributed by atoms with Gasteiger partial charge in [0, 0.05) is 18.7 Å². The fourth-order valence-electron chi connectivity index (χ4n) is 1.72. The maximum atomic E-state index is 8.65. The third-order valence-electron chi connectivity index (χ3n) is 2.46. The van der Waals surface area contributed by atoms with Crippen LogP contribution < -0.4 is 5.32 Å². The Morgan fingerprint density at radius 2 is 2.18 bits per heavy atom. The quantitative estimate of drug-likeness (QED) is 0.641. The van der Waals surface area contributed by atoms with E-state index in [9.17, 15) is 0 Å². The molecule has 1 fully saturated rings. The maximum Gasteiger partial charge on any atom is 0.0445 e. The third kappa shape index (κ3) is 2.80. The lowest BCUT2D eigenvalue weighted by atomic mass is 9.81. The first kappa shape index (κ1) is 9.01. The Hall–Kier alpha value is -0.0800. The van der Waals surface area contributed by atoms with Gasteiger partial charge >= 0.3 is 0 Å². The highest BCUT2D eigenvalue weighted by molar-refractivity contribution is 4.83. The van der Waals surface area contributed by atoms with Crippen molar-refractivity contribution in [1.29, 1.82) is 0 Å². The second kappa shape index (κ2) is 4.07. The van der Waals surface area contributed by atoms with Crippen molar-refractivity contribution < 1.29 is 5.11 Å². The van der Waals surface area contributed by atoms with Crippen molar-refractivity contribution in [2.75, 3.05) is 6.61 Å². The zero-order chi connectivity index (χ0) is 8.27. The Morgan fingerprint density at radius 3 is 2.64 bits per heavy atom. The summed E-state index contributed by atoms with van der Waals surface area (Å²) in [5.74, 6) is 0.911. The highest BCUT2D eigenvalue weighted by atomic mass is 16.3. The van der Waals surface area contributed by atoms with Gasteiger partial charge in [-0.3, -0.25) is 0 Å². The topological polar surface area (TPSA) is 32.3 Å². The molecule has 1 aliphatic carbocycles. The predicted molar refractivity (Wildman–Crippen MR) is 46.5 cm³/mol. The highest BCUT2D eigenvalue weighted by Gasteiger charge is 2.25. The zero-order valence-corrected chi connectivity index (χ0v) is 7.51. The van der Waals surface area contributed by atoms with Crippen molar-refractivity contribution in [1.82, 2.24) is 5.32 Å². The van der Waals surface area contributed by atoms with E-state index < -0.39 is 0 Å². The molecule has 0 amide bonds. The summed E-state index contributed by atoms with van der Waals surface area (Å²) in [7, 11) is 0. The molecule has 1 atom stereocenters. The van der Waals surface area contributed by atoms with E-state index in [0.29, 0.717) is 12.6 Å². The Balaban J connectivity index is 2.02. The van der Waals surface area contributed by atoms with Gasteiger partial charge in [0.2, 0.25) is 0 Å². The molecule has 1 rings (SSSR count). The molecule has 11 heavy (non-hydrogen) atoms. The van der Waals surface area contributed by atoms with Gasteiger partial charge in [0.1, 0.15) is 0 Å². The molecule has 1 unspecified atom stereocenters. The smallest absolute Gasteiger partial charge is 0.0445 e. The van der Waals surface area contributed by atoms with Crippen LogP contribution in [0, 0.1) is 5.92 Å². The number of rotatable bonds is 4. The van der Waals surface area contributed by atoms with Gasteiger partial charge in [-0.2, -0.15) is 0 Å². The van der Waals surface area contributed by atoms with E-state index >= 15 is 0 Å². The summed E-state index contributed by atoms with van der Waals surface area (Å²) in [6, 6.07) is 1.21. The van der Waals surface area contributed by atoms with Crippen LogP contribution in [-0.2, 0) is 0 Å². The molecule has 0 radical (unpaired) electrons. The lowest BCUT2D eigenvalue weighted by molar-refractivity contribution is 0.205. The van der Waals surface area contributed by atoms with Crippen molar-refractivity contribution >= 4 is 0 Å². The molecular formula is C9H19NO. The van der Waals surface area contributed by atoms with E-state index in [4.69, 9.17) is 5.11 Å². The van der Waals surface area contributed by atoms with Crippen LogP contribution in [0.2, 0.25) is 0 Å². The van der Waals surface area contributed by atoms with Gasteiger partial charge in [0.05, 0.1) is 0 Å². The lowest BCUT2D eigenvalue weighted by Crippen LogP contribution is -2.44. The molecule has 0 bridgehead atoms. The van der Waals surface area contributed by atoms with Crippen LogP contribution in [0.15, 0.2) is 0 Å². The van der Waals surface area contributed by atoms with E-state index in [-0.39, 0.29) is 0 Å². The van der Waals surface area contributed by atoms with Gasteiger partial charge in [-0.1, -0.05) is 6.92 Å². The normalized spacial score (nSPS) is 33.0. The molecule has 0 saturated heterocycles. The largest absolute Gasteiger partial charge is 0.396 e. The van der Waals surface area contributed by atoms with Crippen LogP contribution in [0.25, 0.3) is 0 Å². The molecule has 66 valence electrons. The van der Waals surface area contributed by atoms with Crippen LogP contribution in [0.4, 0.5) is 0 Å². The average molecular weight is 157 g/mol. The van der Waals surface area contributed by atoms with E-state index in [2.05, 4.69) is 19.2 Å². The summed E-state index contributed by atoms with van der Waals surface area (Å²) < 4.78 is 0. The molecular weight excluding hydrogens is 138 g/mol. The third-order valence-corrected chi connectivity index (χ3v) is 2.46. The molecule has 0 heterocycles. The molecule has 0 aromatic carbocycles. The average Bonchev–Trinajstić information content (AvgIpc) is 1.85. The zero-order valence-electron chi connectivity index (χ0n) is 7.51.